The first-order chi connectivity index (χ1) is 17.5. The molecule has 2 heterocycles. The van der Waals surface area contributed by atoms with E-state index in [4.69, 9.17) is 10.00 Å². The first kappa shape index (κ1) is 22.8. The third-order valence-corrected chi connectivity index (χ3v) is 8.17. The molecule has 6 heteroatoms. The van der Waals surface area contributed by atoms with E-state index in [0.717, 1.165) is 12.8 Å². The fraction of sp³-hybridized carbons (Fsp3) is 0.333. The summed E-state index contributed by atoms with van der Waals surface area (Å²) < 4.78 is 20.4. The number of piperidine rings is 1. The second kappa shape index (κ2) is 8.76. The molecule has 5 nitrogen and oxygen atoms in total. The summed E-state index contributed by atoms with van der Waals surface area (Å²) >= 11 is 0. The fourth-order valence-electron chi connectivity index (χ4n) is 6.49. The average Bonchev–Trinajstić information content (AvgIpc) is 3.36. The summed E-state index contributed by atoms with van der Waals surface area (Å²) in [5.41, 5.74) is 4.33. The van der Waals surface area contributed by atoms with E-state index in [2.05, 4.69) is 24.3 Å². The summed E-state index contributed by atoms with van der Waals surface area (Å²) in [6.07, 6.45) is 1.89. The van der Waals surface area contributed by atoms with Crippen molar-refractivity contribution in [1.29, 1.82) is 5.26 Å². The number of nitrogens with zero attached hydrogens (tertiary/aromatic N) is 2. The highest BCUT2D eigenvalue weighted by Gasteiger charge is 2.51. The van der Waals surface area contributed by atoms with Gasteiger partial charge in [-0.25, -0.2) is 9.18 Å². The molecule has 0 spiro atoms. The number of carbonyl (C=O) groups excluding carboxylic acids is 1. The first-order valence-corrected chi connectivity index (χ1v) is 12.5. The lowest BCUT2D eigenvalue weighted by molar-refractivity contribution is -0.0533. The molecule has 2 atom stereocenters. The third kappa shape index (κ3) is 3.66. The van der Waals surface area contributed by atoms with Gasteiger partial charge in [0.1, 0.15) is 12.4 Å². The Hall–Kier alpha value is -3.69. The maximum atomic E-state index is 14.5. The van der Waals surface area contributed by atoms with E-state index in [1.54, 1.807) is 17.0 Å². The molecule has 36 heavy (non-hydrogen) atoms. The van der Waals surface area contributed by atoms with Gasteiger partial charge in [0.05, 0.1) is 18.1 Å². The molecule has 6 rings (SSSR count). The van der Waals surface area contributed by atoms with Gasteiger partial charge in [-0.3, -0.25) is 0 Å². The maximum absolute atomic E-state index is 14.5. The minimum Gasteiger partial charge on any atom is -0.448 e. The third-order valence-electron chi connectivity index (χ3n) is 8.17. The van der Waals surface area contributed by atoms with Crippen molar-refractivity contribution in [2.24, 2.45) is 0 Å². The zero-order valence-corrected chi connectivity index (χ0v) is 19.9. The normalized spacial score (nSPS) is 24.2. The Morgan fingerprint density at radius 1 is 1.03 bits per heavy atom. The number of rotatable bonds is 4. The lowest BCUT2D eigenvalue weighted by Crippen LogP contribution is -2.52. The van der Waals surface area contributed by atoms with Crippen LogP contribution >= 0.6 is 0 Å². The molecule has 2 aliphatic heterocycles. The molecule has 1 aliphatic carbocycles. The topological polar surface area (TPSA) is 73.6 Å². The van der Waals surface area contributed by atoms with Gasteiger partial charge >= 0.3 is 6.09 Å². The highest BCUT2D eigenvalue weighted by Crippen LogP contribution is 2.47. The van der Waals surface area contributed by atoms with Crippen LogP contribution in [-0.2, 0) is 16.8 Å². The second-order valence-corrected chi connectivity index (χ2v) is 10.2. The van der Waals surface area contributed by atoms with Gasteiger partial charge in [0.2, 0.25) is 0 Å². The highest BCUT2D eigenvalue weighted by molar-refractivity contribution is 5.79. The predicted octanol–water partition coefficient (Wildman–Crippen LogP) is 5.66. The van der Waals surface area contributed by atoms with Crippen LogP contribution in [0.2, 0.25) is 0 Å². The quantitative estimate of drug-likeness (QED) is 0.521. The number of nitriles is 1. The minimum absolute atomic E-state index is 0.00405. The lowest BCUT2D eigenvalue weighted by Gasteiger charge is -2.43. The molecule has 2 saturated heterocycles. The SMILES string of the molecule is N#CCc1ccc(C2(O)CC3CCC(C2)N3C(=O)OCC2c3ccccc3-c3ccccc32)cc1F. The van der Waals surface area contributed by atoms with Gasteiger partial charge in [-0.15, -0.1) is 0 Å². The highest BCUT2D eigenvalue weighted by atomic mass is 19.1. The zero-order valence-electron chi connectivity index (χ0n) is 19.9. The Kier molecular flexibility index (Phi) is 5.54. The molecular weight excluding hydrogens is 455 g/mol. The number of amides is 1. The summed E-state index contributed by atoms with van der Waals surface area (Å²) in [7, 11) is 0. The molecule has 0 aromatic heterocycles. The molecule has 3 aromatic carbocycles. The van der Waals surface area contributed by atoms with Crippen molar-refractivity contribution in [3.05, 3.63) is 94.8 Å². The van der Waals surface area contributed by atoms with Gasteiger partial charge in [0, 0.05) is 36.4 Å². The van der Waals surface area contributed by atoms with Crippen molar-refractivity contribution in [3.63, 3.8) is 0 Å². The van der Waals surface area contributed by atoms with Gasteiger partial charge in [-0.1, -0.05) is 60.7 Å². The van der Waals surface area contributed by atoms with Crippen LogP contribution in [0.3, 0.4) is 0 Å². The van der Waals surface area contributed by atoms with Crippen LogP contribution in [0.4, 0.5) is 9.18 Å². The smallest absolute Gasteiger partial charge is 0.410 e. The molecule has 182 valence electrons. The van der Waals surface area contributed by atoms with Gasteiger partial charge in [0.15, 0.2) is 0 Å². The number of halogens is 1. The van der Waals surface area contributed by atoms with Gasteiger partial charge < -0.3 is 14.7 Å². The van der Waals surface area contributed by atoms with Gasteiger partial charge in [-0.05, 0) is 46.7 Å². The molecular formula is C30H27FN2O3. The van der Waals surface area contributed by atoms with Crippen molar-refractivity contribution >= 4 is 6.09 Å². The molecule has 2 unspecified atom stereocenters. The Morgan fingerprint density at radius 3 is 2.22 bits per heavy atom. The summed E-state index contributed by atoms with van der Waals surface area (Å²) in [5.74, 6) is -0.482. The Bertz CT molecular complexity index is 1320. The summed E-state index contributed by atoms with van der Waals surface area (Å²) in [6, 6.07) is 22.8. The van der Waals surface area contributed by atoms with Crippen LogP contribution in [0.1, 0.15) is 53.9 Å². The van der Waals surface area contributed by atoms with Crippen LogP contribution in [0.5, 0.6) is 0 Å². The molecule has 0 radical (unpaired) electrons. The molecule has 1 N–H and O–H groups in total. The molecule has 0 saturated carbocycles. The largest absolute Gasteiger partial charge is 0.448 e. The van der Waals surface area contributed by atoms with Crippen molar-refractivity contribution in [2.75, 3.05) is 6.61 Å². The average molecular weight is 483 g/mol. The number of carbonyl (C=O) groups is 1. The van der Waals surface area contributed by atoms with E-state index >= 15 is 0 Å². The number of benzene rings is 3. The van der Waals surface area contributed by atoms with E-state index in [9.17, 15) is 14.3 Å². The van der Waals surface area contributed by atoms with Crippen LogP contribution < -0.4 is 0 Å². The van der Waals surface area contributed by atoms with E-state index in [-0.39, 0.29) is 37.1 Å². The summed E-state index contributed by atoms with van der Waals surface area (Å²) in [5, 5.41) is 20.3. The Morgan fingerprint density at radius 2 is 1.64 bits per heavy atom. The number of fused-ring (bicyclic) bond motifs is 5. The first-order valence-electron chi connectivity index (χ1n) is 12.5. The van der Waals surface area contributed by atoms with Crippen LogP contribution in [0.15, 0.2) is 66.7 Å². The Balaban J connectivity index is 1.17. The minimum atomic E-state index is -1.21. The maximum Gasteiger partial charge on any atom is 0.410 e. The summed E-state index contributed by atoms with van der Waals surface area (Å²) in [4.78, 5) is 15.1. The van der Waals surface area contributed by atoms with E-state index in [1.165, 1.54) is 28.3 Å². The second-order valence-electron chi connectivity index (χ2n) is 10.2. The van der Waals surface area contributed by atoms with E-state index in [1.807, 2.05) is 30.3 Å². The fourth-order valence-corrected chi connectivity index (χ4v) is 6.49. The van der Waals surface area contributed by atoms with Crippen molar-refractivity contribution in [3.8, 4) is 17.2 Å². The molecule has 3 aromatic rings. The number of hydrogen-bond donors (Lipinski definition) is 1. The summed E-state index contributed by atoms with van der Waals surface area (Å²) in [6.45, 7) is 0.263. The van der Waals surface area contributed by atoms with Crippen LogP contribution in [0, 0.1) is 17.1 Å². The Labute approximate surface area is 209 Å². The molecule has 1 amide bonds. The van der Waals surface area contributed by atoms with Crippen molar-refractivity contribution in [1.82, 2.24) is 4.90 Å². The van der Waals surface area contributed by atoms with Crippen LogP contribution in [-0.4, -0.2) is 34.8 Å². The molecule has 2 fully saturated rings. The lowest BCUT2D eigenvalue weighted by atomic mass is 9.80. The monoisotopic (exact) mass is 482 g/mol. The van der Waals surface area contributed by atoms with Crippen molar-refractivity contribution < 1.29 is 19.0 Å². The van der Waals surface area contributed by atoms with Crippen molar-refractivity contribution in [2.45, 2.75) is 55.7 Å². The van der Waals surface area contributed by atoms with Gasteiger partial charge in [-0.2, -0.15) is 5.26 Å². The van der Waals surface area contributed by atoms with E-state index in [0.29, 0.717) is 24.0 Å². The standard InChI is InChI=1S/C30H27FN2O3/c31-28-15-20(10-9-19(28)13-14-32)30(35)16-21-11-12-22(17-30)33(21)29(34)36-18-27-25-7-3-1-5-23(25)24-6-2-4-8-26(24)27/h1-10,15,21-22,27,35H,11-13,16-18H2. The molecule has 2 bridgehead atoms. The number of ether oxygens (including phenoxy) is 1. The molecule has 3 aliphatic rings. The van der Waals surface area contributed by atoms with Gasteiger partial charge in [0.25, 0.3) is 0 Å². The van der Waals surface area contributed by atoms with E-state index < -0.39 is 11.4 Å². The van der Waals surface area contributed by atoms with Crippen LogP contribution in [0.25, 0.3) is 11.1 Å². The zero-order chi connectivity index (χ0) is 24.9. The number of aliphatic hydroxyl groups is 1. The number of hydrogen-bond acceptors (Lipinski definition) is 4. The predicted molar refractivity (Wildman–Crippen MR) is 133 cm³/mol.